The predicted molar refractivity (Wildman–Crippen MR) is 110 cm³/mol. The number of ether oxygens (including phenoxy) is 4. The highest BCUT2D eigenvalue weighted by molar-refractivity contribution is 5.95. The Bertz CT molecular complexity index is 873. The van der Waals surface area contributed by atoms with Gasteiger partial charge < -0.3 is 24.3 Å². The Hall–Kier alpha value is -3.74. The molecule has 152 valence electrons. The first kappa shape index (κ1) is 21.6. The number of carbonyl (C=O) groups is 2. The molecule has 0 bridgehead atoms. The maximum absolute atomic E-state index is 12.1. The molecule has 2 aromatic carbocycles. The van der Waals surface area contributed by atoms with E-state index in [1.165, 1.54) is 20.3 Å². The van der Waals surface area contributed by atoms with Gasteiger partial charge in [-0.15, -0.1) is 0 Å². The largest absolute Gasteiger partial charge is 0.497 e. The van der Waals surface area contributed by atoms with Crippen molar-refractivity contribution in [3.05, 3.63) is 66.8 Å². The highest BCUT2D eigenvalue weighted by Gasteiger charge is 2.10. The molecule has 0 aliphatic carbocycles. The third-order valence-corrected chi connectivity index (χ3v) is 3.69. The molecule has 0 aliphatic rings. The van der Waals surface area contributed by atoms with Gasteiger partial charge >= 0.3 is 5.97 Å². The highest BCUT2D eigenvalue weighted by atomic mass is 16.5. The smallest absolute Gasteiger partial charge is 0.331 e. The molecular weight excluding hydrogens is 374 g/mol. The van der Waals surface area contributed by atoms with Crippen LogP contribution in [-0.2, 0) is 14.3 Å². The van der Waals surface area contributed by atoms with Crippen LogP contribution in [-0.4, -0.2) is 39.3 Å². The minimum Gasteiger partial charge on any atom is -0.497 e. The molecule has 0 aliphatic heterocycles. The lowest BCUT2D eigenvalue weighted by Crippen LogP contribution is -2.20. The van der Waals surface area contributed by atoms with Crippen molar-refractivity contribution in [2.45, 2.75) is 0 Å². The summed E-state index contributed by atoms with van der Waals surface area (Å²) < 4.78 is 20.7. The molecule has 0 atom stereocenters. The van der Waals surface area contributed by atoms with E-state index in [0.717, 1.165) is 5.56 Å². The molecular formula is C22H23NO6. The van der Waals surface area contributed by atoms with Gasteiger partial charge in [-0.2, -0.15) is 0 Å². The molecule has 2 rings (SSSR count). The number of nitrogens with one attached hydrogen (secondary N) is 1. The van der Waals surface area contributed by atoms with Crippen molar-refractivity contribution >= 4 is 23.6 Å². The van der Waals surface area contributed by atoms with Crippen LogP contribution in [0.3, 0.4) is 0 Å². The van der Waals surface area contributed by atoms with Gasteiger partial charge in [0.2, 0.25) is 0 Å². The molecule has 29 heavy (non-hydrogen) atoms. The Morgan fingerprint density at radius 1 is 1.03 bits per heavy atom. The number of anilines is 1. The summed E-state index contributed by atoms with van der Waals surface area (Å²) in [6.07, 6.45) is 4.49. The third-order valence-electron chi connectivity index (χ3n) is 3.69. The maximum atomic E-state index is 12.1. The number of carbonyl (C=O) groups excluding carboxylic acids is 2. The minimum absolute atomic E-state index is 0.419. The van der Waals surface area contributed by atoms with Crippen LogP contribution in [0.2, 0.25) is 0 Å². The Balaban J connectivity index is 1.85. The number of methoxy groups -OCH3 is 2. The molecule has 1 N–H and O–H groups in total. The van der Waals surface area contributed by atoms with Crippen LogP contribution in [0.1, 0.15) is 5.56 Å². The molecule has 0 radical (unpaired) electrons. The van der Waals surface area contributed by atoms with Crippen LogP contribution in [0.5, 0.6) is 17.2 Å². The Kier molecular flexibility index (Phi) is 8.31. The van der Waals surface area contributed by atoms with Crippen molar-refractivity contribution in [3.63, 3.8) is 0 Å². The summed E-state index contributed by atoms with van der Waals surface area (Å²) in [5.74, 6) is 0.592. The number of rotatable bonds is 10. The first-order valence-electron chi connectivity index (χ1n) is 8.76. The summed E-state index contributed by atoms with van der Waals surface area (Å²) in [7, 11) is 3.00. The minimum atomic E-state index is -0.634. The second-order valence-electron chi connectivity index (χ2n) is 5.72. The van der Waals surface area contributed by atoms with Gasteiger partial charge in [-0.25, -0.2) is 4.79 Å². The average Bonchev–Trinajstić information content (AvgIpc) is 2.75. The highest BCUT2D eigenvalue weighted by Crippen LogP contribution is 2.28. The molecule has 7 heteroatoms. The fraction of sp³-hybridized carbons (Fsp3) is 0.182. The summed E-state index contributed by atoms with van der Waals surface area (Å²) in [5.41, 5.74) is 1.21. The van der Waals surface area contributed by atoms with E-state index in [0.29, 0.717) is 29.5 Å². The van der Waals surface area contributed by atoms with Gasteiger partial charge in [0, 0.05) is 12.1 Å². The van der Waals surface area contributed by atoms with Crippen molar-refractivity contribution in [2.24, 2.45) is 0 Å². The Morgan fingerprint density at radius 3 is 2.41 bits per heavy atom. The van der Waals surface area contributed by atoms with Gasteiger partial charge in [-0.3, -0.25) is 4.79 Å². The molecule has 0 saturated carbocycles. The zero-order valence-electron chi connectivity index (χ0n) is 16.3. The first-order valence-corrected chi connectivity index (χ1v) is 8.76. The van der Waals surface area contributed by atoms with Crippen LogP contribution in [0, 0.1) is 0 Å². The molecule has 0 heterocycles. The predicted octanol–water partition coefficient (Wildman–Crippen LogP) is 3.46. The lowest BCUT2D eigenvalue weighted by atomic mass is 10.2. The van der Waals surface area contributed by atoms with Gasteiger partial charge in [-0.05, 0) is 35.9 Å². The summed E-state index contributed by atoms with van der Waals surface area (Å²) in [6, 6.07) is 12.1. The fourth-order valence-corrected chi connectivity index (χ4v) is 2.28. The van der Waals surface area contributed by atoms with Crippen molar-refractivity contribution in [1.82, 2.24) is 0 Å². The summed E-state index contributed by atoms with van der Waals surface area (Å²) in [5, 5.41) is 2.62. The van der Waals surface area contributed by atoms with Crippen molar-refractivity contribution in [3.8, 4) is 17.2 Å². The zero-order chi connectivity index (χ0) is 21.1. The van der Waals surface area contributed by atoms with Crippen LogP contribution in [0.25, 0.3) is 6.08 Å². The molecule has 0 aromatic heterocycles. The standard InChI is InChI=1S/C22H23NO6/c1-4-13-28-17-8-5-16(6-9-17)7-12-22(25)29-15-21(24)23-19-14-18(26-2)10-11-20(19)27-3/h4-12,14H,1,13,15H2,2-3H3,(H,23,24)/b12-7+. The van der Waals surface area contributed by atoms with Gasteiger partial charge in [0.15, 0.2) is 6.61 Å². The topological polar surface area (TPSA) is 83.1 Å². The van der Waals surface area contributed by atoms with E-state index in [1.807, 2.05) is 0 Å². The molecule has 0 unspecified atom stereocenters. The first-order chi connectivity index (χ1) is 14.0. The normalized spacial score (nSPS) is 10.3. The van der Waals surface area contributed by atoms with Crippen molar-refractivity contribution in [2.75, 3.05) is 32.8 Å². The van der Waals surface area contributed by atoms with Crippen LogP contribution in [0.4, 0.5) is 5.69 Å². The lowest BCUT2D eigenvalue weighted by molar-refractivity contribution is -0.142. The van der Waals surface area contributed by atoms with Crippen LogP contribution < -0.4 is 19.5 Å². The monoisotopic (exact) mass is 397 g/mol. The van der Waals surface area contributed by atoms with E-state index < -0.39 is 18.5 Å². The SMILES string of the molecule is C=CCOc1ccc(/C=C/C(=O)OCC(=O)Nc2cc(OC)ccc2OC)cc1. The molecule has 0 fully saturated rings. The number of hydrogen-bond donors (Lipinski definition) is 1. The summed E-state index contributed by atoms with van der Waals surface area (Å²) in [4.78, 5) is 23.9. The Labute approximate surface area is 169 Å². The van der Waals surface area contributed by atoms with Gasteiger partial charge in [-0.1, -0.05) is 24.8 Å². The number of hydrogen-bond acceptors (Lipinski definition) is 6. The summed E-state index contributed by atoms with van der Waals surface area (Å²) in [6.45, 7) is 3.57. The Morgan fingerprint density at radius 2 is 1.76 bits per heavy atom. The quantitative estimate of drug-likeness (QED) is 0.376. The zero-order valence-corrected chi connectivity index (χ0v) is 16.3. The molecule has 7 nitrogen and oxygen atoms in total. The molecule has 0 saturated heterocycles. The lowest BCUT2D eigenvalue weighted by Gasteiger charge is -2.11. The van der Waals surface area contributed by atoms with Gasteiger partial charge in [0.25, 0.3) is 5.91 Å². The molecule has 0 spiro atoms. The van der Waals surface area contributed by atoms with E-state index >= 15 is 0 Å². The van der Waals surface area contributed by atoms with E-state index in [9.17, 15) is 9.59 Å². The van der Waals surface area contributed by atoms with E-state index in [1.54, 1.807) is 54.6 Å². The second kappa shape index (κ2) is 11.2. The van der Waals surface area contributed by atoms with E-state index in [4.69, 9.17) is 18.9 Å². The number of esters is 1. The molecule has 1 amide bonds. The summed E-state index contributed by atoms with van der Waals surface area (Å²) >= 11 is 0. The number of benzene rings is 2. The van der Waals surface area contributed by atoms with Crippen molar-refractivity contribution in [1.29, 1.82) is 0 Å². The second-order valence-corrected chi connectivity index (χ2v) is 5.72. The van der Waals surface area contributed by atoms with Gasteiger partial charge in [0.05, 0.1) is 19.9 Å². The fourth-order valence-electron chi connectivity index (χ4n) is 2.28. The van der Waals surface area contributed by atoms with Gasteiger partial charge in [0.1, 0.15) is 23.9 Å². The third kappa shape index (κ3) is 7.06. The van der Waals surface area contributed by atoms with Crippen LogP contribution in [0.15, 0.2) is 61.2 Å². The van der Waals surface area contributed by atoms with Crippen molar-refractivity contribution < 1.29 is 28.5 Å². The molecule has 2 aromatic rings. The average molecular weight is 397 g/mol. The van der Waals surface area contributed by atoms with Crippen LogP contribution >= 0.6 is 0 Å². The number of amides is 1. The van der Waals surface area contributed by atoms with E-state index in [-0.39, 0.29) is 0 Å². The maximum Gasteiger partial charge on any atom is 0.331 e. The van der Waals surface area contributed by atoms with E-state index in [2.05, 4.69) is 11.9 Å².